The van der Waals surface area contributed by atoms with E-state index in [-0.39, 0.29) is 0 Å². The van der Waals surface area contributed by atoms with Crippen LogP contribution in [-0.4, -0.2) is 4.57 Å². The van der Waals surface area contributed by atoms with Crippen LogP contribution in [0, 0.1) is 0 Å². The van der Waals surface area contributed by atoms with Gasteiger partial charge in [0.1, 0.15) is 16.7 Å². The molecule has 238 valence electrons. The van der Waals surface area contributed by atoms with E-state index in [0.717, 1.165) is 82.9 Å². The molecule has 0 saturated heterocycles. The van der Waals surface area contributed by atoms with E-state index in [1.807, 2.05) is 12.1 Å². The standard InChI is InChI=1S/C48H29NO2/c1-3-13-30(14-4-1)32-25-26-42-39(27-32)35-17-7-9-21-41(35)49(42)43-22-11-20-36-40-29-33(28-38(47(40)51-48(36)43)31-15-5-2-6-16-31)34-19-12-24-45-46(34)37-18-8-10-23-44(37)50-45/h1-29H. The third kappa shape index (κ3) is 4.19. The van der Waals surface area contributed by atoms with Gasteiger partial charge in [-0.2, -0.15) is 0 Å². The highest BCUT2D eigenvalue weighted by molar-refractivity contribution is 6.18. The molecule has 11 rings (SSSR count). The molecule has 8 aromatic carbocycles. The molecule has 3 nitrogen and oxygen atoms in total. The van der Waals surface area contributed by atoms with Crippen molar-refractivity contribution in [3.63, 3.8) is 0 Å². The molecule has 11 aromatic rings. The van der Waals surface area contributed by atoms with E-state index in [1.165, 1.54) is 21.9 Å². The molecule has 0 spiro atoms. The predicted octanol–water partition coefficient (Wildman–Crippen LogP) is 13.6. The van der Waals surface area contributed by atoms with Gasteiger partial charge in [-0.05, 0) is 76.3 Å². The van der Waals surface area contributed by atoms with Crippen molar-refractivity contribution in [2.45, 2.75) is 0 Å². The fraction of sp³-hybridized carbons (Fsp3) is 0. The molecule has 51 heavy (non-hydrogen) atoms. The second-order valence-corrected chi connectivity index (χ2v) is 13.2. The summed E-state index contributed by atoms with van der Waals surface area (Å²) in [5.74, 6) is 0. The lowest BCUT2D eigenvalue weighted by Crippen LogP contribution is -1.94. The first kappa shape index (κ1) is 28.0. The van der Waals surface area contributed by atoms with E-state index in [4.69, 9.17) is 8.83 Å². The zero-order chi connectivity index (χ0) is 33.5. The number of rotatable bonds is 4. The van der Waals surface area contributed by atoms with Gasteiger partial charge in [0.15, 0.2) is 5.58 Å². The van der Waals surface area contributed by atoms with Gasteiger partial charge < -0.3 is 13.4 Å². The number of nitrogens with zero attached hydrogens (tertiary/aromatic N) is 1. The van der Waals surface area contributed by atoms with Crippen molar-refractivity contribution in [1.82, 2.24) is 4.57 Å². The molecule has 0 amide bonds. The molecule has 0 unspecified atom stereocenters. The lowest BCUT2D eigenvalue weighted by molar-refractivity contribution is 0.667. The second kappa shape index (κ2) is 10.8. The summed E-state index contributed by atoms with van der Waals surface area (Å²) < 4.78 is 15.8. The van der Waals surface area contributed by atoms with Crippen molar-refractivity contribution in [2.75, 3.05) is 0 Å². The zero-order valence-electron chi connectivity index (χ0n) is 27.5. The quantitative estimate of drug-likeness (QED) is 0.190. The molecule has 0 aliphatic carbocycles. The average Bonchev–Trinajstić information content (AvgIpc) is 3.88. The fourth-order valence-corrected chi connectivity index (χ4v) is 8.11. The number of fused-ring (bicyclic) bond motifs is 9. The molecule has 0 radical (unpaired) electrons. The molecule has 0 fully saturated rings. The summed E-state index contributed by atoms with van der Waals surface area (Å²) in [5.41, 5.74) is 13.7. The highest BCUT2D eigenvalue weighted by Gasteiger charge is 2.22. The summed E-state index contributed by atoms with van der Waals surface area (Å²) >= 11 is 0. The van der Waals surface area contributed by atoms with Crippen LogP contribution in [0.15, 0.2) is 185 Å². The maximum Gasteiger partial charge on any atom is 0.159 e. The maximum atomic E-state index is 7.08. The Kier molecular flexibility index (Phi) is 5.96. The van der Waals surface area contributed by atoms with Crippen LogP contribution in [0.25, 0.3) is 105 Å². The Balaban J connectivity index is 1.21. The first-order chi connectivity index (χ1) is 25.3. The zero-order valence-corrected chi connectivity index (χ0v) is 27.5. The van der Waals surface area contributed by atoms with Crippen LogP contribution in [0.2, 0.25) is 0 Å². The molecule has 3 heteroatoms. The summed E-state index contributed by atoms with van der Waals surface area (Å²) in [4.78, 5) is 0. The monoisotopic (exact) mass is 651 g/mol. The van der Waals surface area contributed by atoms with Crippen LogP contribution in [-0.2, 0) is 0 Å². The fourth-order valence-electron chi connectivity index (χ4n) is 8.11. The minimum Gasteiger partial charge on any atom is -0.456 e. The molecule has 3 heterocycles. The van der Waals surface area contributed by atoms with Crippen molar-refractivity contribution >= 4 is 65.7 Å². The van der Waals surface area contributed by atoms with Gasteiger partial charge in [0.05, 0.1) is 16.7 Å². The molecular weight excluding hydrogens is 623 g/mol. The van der Waals surface area contributed by atoms with Crippen LogP contribution >= 0.6 is 0 Å². The number of furan rings is 2. The topological polar surface area (TPSA) is 31.2 Å². The van der Waals surface area contributed by atoms with Crippen molar-refractivity contribution in [3.05, 3.63) is 176 Å². The van der Waals surface area contributed by atoms with Crippen molar-refractivity contribution in [1.29, 1.82) is 0 Å². The number of hydrogen-bond donors (Lipinski definition) is 0. The van der Waals surface area contributed by atoms with Crippen LogP contribution in [0.1, 0.15) is 0 Å². The normalized spacial score (nSPS) is 11.9. The van der Waals surface area contributed by atoms with Crippen LogP contribution in [0.3, 0.4) is 0 Å². The SMILES string of the molecule is c1ccc(-c2ccc3c(c2)c2ccccc2n3-c2cccc3c2oc2c(-c4ccccc4)cc(-c4cccc5oc6ccccc6c45)cc23)cc1. The van der Waals surface area contributed by atoms with Gasteiger partial charge in [-0.25, -0.2) is 0 Å². The molecule has 0 aliphatic heterocycles. The van der Waals surface area contributed by atoms with Crippen molar-refractivity contribution < 1.29 is 8.83 Å². The van der Waals surface area contributed by atoms with E-state index in [9.17, 15) is 0 Å². The Morgan fingerprint density at radius 2 is 1.00 bits per heavy atom. The predicted molar refractivity (Wildman–Crippen MR) is 212 cm³/mol. The van der Waals surface area contributed by atoms with Gasteiger partial charge in [0, 0.05) is 37.9 Å². The Hall–Kier alpha value is -6.84. The van der Waals surface area contributed by atoms with Gasteiger partial charge in [-0.3, -0.25) is 0 Å². The van der Waals surface area contributed by atoms with E-state index in [0.29, 0.717) is 0 Å². The Bertz CT molecular complexity index is 3130. The van der Waals surface area contributed by atoms with Gasteiger partial charge in [0.25, 0.3) is 0 Å². The van der Waals surface area contributed by atoms with E-state index in [2.05, 4.69) is 168 Å². The number of aromatic nitrogens is 1. The average molecular weight is 652 g/mol. The Morgan fingerprint density at radius 1 is 0.333 bits per heavy atom. The van der Waals surface area contributed by atoms with Crippen LogP contribution in [0.5, 0.6) is 0 Å². The molecule has 0 aliphatic rings. The highest BCUT2D eigenvalue weighted by Crippen LogP contribution is 2.45. The minimum absolute atomic E-state index is 0.864. The van der Waals surface area contributed by atoms with E-state index >= 15 is 0 Å². The minimum atomic E-state index is 0.864. The van der Waals surface area contributed by atoms with Crippen molar-refractivity contribution in [2.24, 2.45) is 0 Å². The smallest absolute Gasteiger partial charge is 0.159 e. The highest BCUT2D eigenvalue weighted by atomic mass is 16.3. The first-order valence-corrected chi connectivity index (χ1v) is 17.3. The van der Waals surface area contributed by atoms with Crippen molar-refractivity contribution in [3.8, 4) is 39.1 Å². The molecule has 3 aromatic heterocycles. The summed E-state index contributed by atoms with van der Waals surface area (Å²) in [7, 11) is 0. The van der Waals surface area contributed by atoms with E-state index < -0.39 is 0 Å². The van der Waals surface area contributed by atoms with Gasteiger partial charge in [-0.1, -0.05) is 127 Å². The lowest BCUT2D eigenvalue weighted by Gasteiger charge is -2.09. The number of para-hydroxylation sites is 3. The van der Waals surface area contributed by atoms with E-state index in [1.54, 1.807) is 0 Å². The van der Waals surface area contributed by atoms with Gasteiger partial charge >= 0.3 is 0 Å². The molecule has 0 bridgehead atoms. The second-order valence-electron chi connectivity index (χ2n) is 13.2. The summed E-state index contributed by atoms with van der Waals surface area (Å²) in [6.45, 7) is 0. The van der Waals surface area contributed by atoms with Crippen LogP contribution < -0.4 is 0 Å². The molecular formula is C48H29NO2. The Morgan fingerprint density at radius 3 is 1.86 bits per heavy atom. The third-order valence-electron chi connectivity index (χ3n) is 10.4. The summed E-state index contributed by atoms with van der Waals surface area (Å²) in [6, 6.07) is 62.4. The third-order valence-corrected chi connectivity index (χ3v) is 10.4. The number of benzene rings is 8. The summed E-state index contributed by atoms with van der Waals surface area (Å²) in [5, 5.41) is 6.84. The lowest BCUT2D eigenvalue weighted by atomic mass is 9.93. The summed E-state index contributed by atoms with van der Waals surface area (Å²) in [6.07, 6.45) is 0. The molecule has 0 saturated carbocycles. The van der Waals surface area contributed by atoms with Gasteiger partial charge in [-0.15, -0.1) is 0 Å². The molecule has 0 atom stereocenters. The largest absolute Gasteiger partial charge is 0.456 e. The van der Waals surface area contributed by atoms with Crippen LogP contribution in [0.4, 0.5) is 0 Å². The maximum absolute atomic E-state index is 7.08. The van der Waals surface area contributed by atoms with Gasteiger partial charge in [0.2, 0.25) is 0 Å². The first-order valence-electron chi connectivity index (χ1n) is 17.3. The number of hydrogen-bond acceptors (Lipinski definition) is 2. The molecule has 0 N–H and O–H groups in total. The Labute approximate surface area is 293 Å².